The van der Waals surface area contributed by atoms with Crippen LogP contribution in [0.25, 0.3) is 0 Å². The van der Waals surface area contributed by atoms with Crippen molar-refractivity contribution in [2.24, 2.45) is 0 Å². The minimum absolute atomic E-state index is 0.256. The number of aliphatic hydroxyl groups excluding tert-OH is 1. The molecule has 1 unspecified atom stereocenters. The number of hydrogen-bond acceptors (Lipinski definition) is 2. The SMILES string of the molecule is COc1cc(F)ccc1C(O)c1ccc(F)cc1. The van der Waals surface area contributed by atoms with Gasteiger partial charge < -0.3 is 9.84 Å². The minimum atomic E-state index is -0.985. The molecule has 0 aromatic heterocycles. The van der Waals surface area contributed by atoms with Gasteiger partial charge in [0.2, 0.25) is 0 Å². The van der Waals surface area contributed by atoms with Gasteiger partial charge in [-0.2, -0.15) is 0 Å². The number of halogens is 2. The molecule has 4 heteroatoms. The van der Waals surface area contributed by atoms with E-state index in [1.807, 2.05) is 0 Å². The maximum Gasteiger partial charge on any atom is 0.127 e. The predicted molar refractivity (Wildman–Crippen MR) is 63.4 cm³/mol. The molecule has 0 aliphatic carbocycles. The summed E-state index contributed by atoms with van der Waals surface area (Å²) in [6.07, 6.45) is -0.985. The Kier molecular flexibility index (Phi) is 3.58. The van der Waals surface area contributed by atoms with Crippen molar-refractivity contribution < 1.29 is 18.6 Å². The number of ether oxygens (including phenoxy) is 1. The first-order valence-electron chi connectivity index (χ1n) is 5.39. The molecule has 18 heavy (non-hydrogen) atoms. The Morgan fingerprint density at radius 2 is 1.61 bits per heavy atom. The van der Waals surface area contributed by atoms with Crippen LogP contribution in [0.15, 0.2) is 42.5 Å². The van der Waals surface area contributed by atoms with Crippen molar-refractivity contribution in [1.29, 1.82) is 0 Å². The summed E-state index contributed by atoms with van der Waals surface area (Å²) in [6.45, 7) is 0. The number of benzene rings is 2. The second kappa shape index (κ2) is 5.14. The lowest BCUT2D eigenvalue weighted by molar-refractivity contribution is 0.214. The molecule has 0 heterocycles. The third-order valence-corrected chi connectivity index (χ3v) is 2.68. The van der Waals surface area contributed by atoms with E-state index in [2.05, 4.69) is 0 Å². The Balaban J connectivity index is 2.39. The number of aliphatic hydroxyl groups is 1. The Bertz CT molecular complexity index is 538. The highest BCUT2D eigenvalue weighted by molar-refractivity contribution is 5.40. The molecule has 0 saturated heterocycles. The molecule has 1 atom stereocenters. The zero-order valence-corrected chi connectivity index (χ0v) is 9.73. The largest absolute Gasteiger partial charge is 0.496 e. The number of rotatable bonds is 3. The molecule has 0 spiro atoms. The van der Waals surface area contributed by atoms with Crippen molar-refractivity contribution in [2.75, 3.05) is 7.11 Å². The smallest absolute Gasteiger partial charge is 0.127 e. The third kappa shape index (κ3) is 2.49. The van der Waals surface area contributed by atoms with Gasteiger partial charge in [0, 0.05) is 11.6 Å². The molecule has 94 valence electrons. The first kappa shape index (κ1) is 12.5. The van der Waals surface area contributed by atoms with E-state index in [0.29, 0.717) is 11.1 Å². The van der Waals surface area contributed by atoms with Crippen molar-refractivity contribution in [1.82, 2.24) is 0 Å². The molecular weight excluding hydrogens is 238 g/mol. The maximum absolute atomic E-state index is 13.0. The molecule has 2 rings (SSSR count). The van der Waals surface area contributed by atoms with E-state index in [4.69, 9.17) is 4.74 Å². The van der Waals surface area contributed by atoms with Gasteiger partial charge in [0.05, 0.1) is 7.11 Å². The van der Waals surface area contributed by atoms with Crippen molar-refractivity contribution >= 4 is 0 Å². The molecule has 0 amide bonds. The normalized spacial score (nSPS) is 12.2. The van der Waals surface area contributed by atoms with Crippen molar-refractivity contribution in [2.45, 2.75) is 6.10 Å². The topological polar surface area (TPSA) is 29.5 Å². The zero-order valence-electron chi connectivity index (χ0n) is 9.73. The van der Waals surface area contributed by atoms with Crippen LogP contribution in [0.4, 0.5) is 8.78 Å². The van der Waals surface area contributed by atoms with Crippen LogP contribution >= 0.6 is 0 Å². The van der Waals surface area contributed by atoms with Gasteiger partial charge in [-0.1, -0.05) is 12.1 Å². The summed E-state index contributed by atoms with van der Waals surface area (Å²) in [7, 11) is 1.40. The highest BCUT2D eigenvalue weighted by atomic mass is 19.1. The summed E-state index contributed by atoms with van der Waals surface area (Å²) in [4.78, 5) is 0. The average Bonchev–Trinajstić information content (AvgIpc) is 2.38. The fourth-order valence-electron chi connectivity index (χ4n) is 1.74. The van der Waals surface area contributed by atoms with E-state index in [1.54, 1.807) is 0 Å². The van der Waals surface area contributed by atoms with Gasteiger partial charge in [0.15, 0.2) is 0 Å². The van der Waals surface area contributed by atoms with E-state index in [0.717, 1.165) is 0 Å². The van der Waals surface area contributed by atoms with Crippen LogP contribution in [-0.2, 0) is 0 Å². The molecule has 2 aromatic rings. The molecule has 0 aliphatic heterocycles. The summed E-state index contributed by atoms with van der Waals surface area (Å²) < 4.78 is 30.9. The first-order chi connectivity index (χ1) is 8.61. The summed E-state index contributed by atoms with van der Waals surface area (Å²) >= 11 is 0. The molecule has 0 fully saturated rings. The Morgan fingerprint density at radius 3 is 2.22 bits per heavy atom. The highest BCUT2D eigenvalue weighted by Crippen LogP contribution is 2.30. The minimum Gasteiger partial charge on any atom is -0.496 e. The van der Waals surface area contributed by atoms with Gasteiger partial charge in [-0.15, -0.1) is 0 Å². The fourth-order valence-corrected chi connectivity index (χ4v) is 1.74. The van der Waals surface area contributed by atoms with Crippen molar-refractivity contribution in [3.8, 4) is 5.75 Å². The molecule has 2 aromatic carbocycles. The average molecular weight is 250 g/mol. The predicted octanol–water partition coefficient (Wildman–Crippen LogP) is 3.06. The summed E-state index contributed by atoms with van der Waals surface area (Å²) in [6, 6.07) is 9.35. The lowest BCUT2D eigenvalue weighted by Gasteiger charge is -2.15. The van der Waals surface area contributed by atoms with Gasteiger partial charge in [-0.05, 0) is 29.8 Å². The second-order valence-corrected chi connectivity index (χ2v) is 3.84. The van der Waals surface area contributed by atoms with E-state index in [-0.39, 0.29) is 11.6 Å². The van der Waals surface area contributed by atoms with Crippen molar-refractivity contribution in [3.63, 3.8) is 0 Å². The lowest BCUT2D eigenvalue weighted by Crippen LogP contribution is -2.03. The summed E-state index contributed by atoms with van der Waals surface area (Å²) in [5.41, 5.74) is 0.951. The van der Waals surface area contributed by atoms with Crippen LogP contribution in [0.2, 0.25) is 0 Å². The van der Waals surface area contributed by atoms with Crippen LogP contribution in [-0.4, -0.2) is 12.2 Å². The fraction of sp³-hybridized carbons (Fsp3) is 0.143. The Labute approximate surface area is 103 Å². The molecule has 0 bridgehead atoms. The molecule has 0 saturated carbocycles. The van der Waals surface area contributed by atoms with Crippen LogP contribution < -0.4 is 4.74 Å². The molecule has 0 radical (unpaired) electrons. The number of hydrogen-bond donors (Lipinski definition) is 1. The second-order valence-electron chi connectivity index (χ2n) is 3.84. The number of methoxy groups -OCH3 is 1. The van der Waals surface area contributed by atoms with E-state index >= 15 is 0 Å². The summed E-state index contributed by atoms with van der Waals surface area (Å²) in [5.74, 6) is -0.564. The van der Waals surface area contributed by atoms with E-state index in [9.17, 15) is 13.9 Å². The van der Waals surface area contributed by atoms with Gasteiger partial charge >= 0.3 is 0 Å². The van der Waals surface area contributed by atoms with Crippen LogP contribution in [0.3, 0.4) is 0 Å². The summed E-state index contributed by atoms with van der Waals surface area (Å²) in [5, 5.41) is 10.2. The van der Waals surface area contributed by atoms with Gasteiger partial charge in [-0.25, -0.2) is 8.78 Å². The van der Waals surface area contributed by atoms with Gasteiger partial charge in [-0.3, -0.25) is 0 Å². The van der Waals surface area contributed by atoms with Gasteiger partial charge in [0.25, 0.3) is 0 Å². The lowest BCUT2D eigenvalue weighted by atomic mass is 10.0. The molecular formula is C14H12F2O2. The Hall–Kier alpha value is -1.94. The van der Waals surface area contributed by atoms with E-state index < -0.39 is 11.9 Å². The van der Waals surface area contributed by atoms with E-state index in [1.165, 1.54) is 49.6 Å². The maximum atomic E-state index is 13.0. The van der Waals surface area contributed by atoms with Gasteiger partial charge in [0.1, 0.15) is 23.5 Å². The molecule has 1 N–H and O–H groups in total. The van der Waals surface area contributed by atoms with Crippen LogP contribution in [0.5, 0.6) is 5.75 Å². The monoisotopic (exact) mass is 250 g/mol. The third-order valence-electron chi connectivity index (χ3n) is 2.68. The van der Waals surface area contributed by atoms with Crippen LogP contribution in [0, 0.1) is 11.6 Å². The molecule has 2 nitrogen and oxygen atoms in total. The zero-order chi connectivity index (χ0) is 13.1. The quantitative estimate of drug-likeness (QED) is 0.907. The first-order valence-corrected chi connectivity index (χ1v) is 5.39. The Morgan fingerprint density at radius 1 is 1.00 bits per heavy atom. The standard InChI is InChI=1S/C14H12F2O2/c1-18-13-8-11(16)6-7-12(13)14(17)9-2-4-10(15)5-3-9/h2-8,14,17H,1H3. The highest BCUT2D eigenvalue weighted by Gasteiger charge is 2.16. The van der Waals surface area contributed by atoms with Crippen LogP contribution in [0.1, 0.15) is 17.2 Å². The molecule has 0 aliphatic rings. The van der Waals surface area contributed by atoms with Crippen molar-refractivity contribution in [3.05, 3.63) is 65.2 Å².